The van der Waals surface area contributed by atoms with Crippen molar-refractivity contribution in [3.63, 3.8) is 0 Å². The number of amides is 1. The maximum absolute atomic E-state index is 12.1. The molecule has 1 saturated heterocycles. The molecule has 2 aliphatic heterocycles. The first-order valence-corrected chi connectivity index (χ1v) is 10.9. The quantitative estimate of drug-likeness (QED) is 0.844. The van der Waals surface area contributed by atoms with Gasteiger partial charge in [-0.15, -0.1) is 0 Å². The van der Waals surface area contributed by atoms with Gasteiger partial charge in [0.1, 0.15) is 17.7 Å². The molecule has 30 heavy (non-hydrogen) atoms. The summed E-state index contributed by atoms with van der Waals surface area (Å²) in [5, 5.41) is 2.89. The van der Waals surface area contributed by atoms with Crippen LogP contribution in [0.15, 0.2) is 18.2 Å². The fraction of sp³-hybridized carbons (Fsp3) is 0.500. The fourth-order valence-electron chi connectivity index (χ4n) is 5.00. The molecule has 0 spiro atoms. The summed E-state index contributed by atoms with van der Waals surface area (Å²) in [5.74, 6) is 1.99. The monoisotopic (exact) mass is 407 g/mol. The van der Waals surface area contributed by atoms with Gasteiger partial charge in [-0.2, -0.15) is 0 Å². The highest BCUT2D eigenvalue weighted by atomic mass is 16.5. The van der Waals surface area contributed by atoms with E-state index in [0.29, 0.717) is 12.6 Å². The molecule has 0 bridgehead atoms. The lowest BCUT2D eigenvalue weighted by atomic mass is 10.0. The molecule has 1 fully saturated rings. The number of rotatable bonds is 4. The third kappa shape index (κ3) is 3.33. The Morgan fingerprint density at radius 3 is 2.60 bits per heavy atom. The molecule has 158 valence electrons. The van der Waals surface area contributed by atoms with Crippen LogP contribution in [0.4, 0.5) is 5.82 Å². The number of hydrogen-bond acceptors (Lipinski definition) is 5. The van der Waals surface area contributed by atoms with E-state index in [1.54, 1.807) is 7.11 Å². The Morgan fingerprint density at radius 2 is 1.83 bits per heavy atom. The zero-order valence-corrected chi connectivity index (χ0v) is 18.0. The maximum atomic E-state index is 12.1. The Kier molecular flexibility index (Phi) is 4.89. The Balaban J connectivity index is 1.25. The molecule has 0 radical (unpaired) electrons. The minimum absolute atomic E-state index is 0.00271. The molecule has 3 aliphatic rings. The van der Waals surface area contributed by atoms with E-state index >= 15 is 0 Å². The highest BCUT2D eigenvalue weighted by Gasteiger charge is 2.29. The highest BCUT2D eigenvalue weighted by Crippen LogP contribution is 2.32. The van der Waals surface area contributed by atoms with Crippen LogP contribution in [-0.2, 0) is 24.1 Å². The van der Waals surface area contributed by atoms with Gasteiger partial charge < -0.3 is 19.7 Å². The zero-order valence-electron chi connectivity index (χ0n) is 18.0. The number of pyridine rings is 1. The van der Waals surface area contributed by atoms with Gasteiger partial charge in [-0.1, -0.05) is 6.07 Å². The SMILES string of the molecule is CO[C@H]1Cc2ccc(OC3CCN(c4nc5c(c(C)c4C)C(=O)NC5)CC3)cc2C1. The van der Waals surface area contributed by atoms with E-state index in [0.717, 1.165) is 72.7 Å². The van der Waals surface area contributed by atoms with Crippen molar-refractivity contribution < 1.29 is 14.3 Å². The van der Waals surface area contributed by atoms with Crippen LogP contribution in [-0.4, -0.2) is 43.3 Å². The van der Waals surface area contributed by atoms with Crippen molar-refractivity contribution in [2.45, 2.75) is 58.3 Å². The van der Waals surface area contributed by atoms with Gasteiger partial charge >= 0.3 is 0 Å². The molecular weight excluding hydrogens is 378 g/mol. The van der Waals surface area contributed by atoms with Gasteiger partial charge in [-0.3, -0.25) is 4.79 Å². The molecule has 6 heteroatoms. The van der Waals surface area contributed by atoms with Crippen molar-refractivity contribution in [2.75, 3.05) is 25.1 Å². The van der Waals surface area contributed by atoms with Crippen LogP contribution in [0.5, 0.6) is 5.75 Å². The summed E-state index contributed by atoms with van der Waals surface area (Å²) >= 11 is 0. The Bertz CT molecular complexity index is 996. The Labute approximate surface area is 177 Å². The second kappa shape index (κ2) is 7.58. The van der Waals surface area contributed by atoms with E-state index in [9.17, 15) is 4.79 Å². The standard InChI is InChI=1S/C24H29N3O3/c1-14-15(2)23(26-21-13-25-24(28)22(14)21)27-8-6-18(7-9-27)30-19-5-4-16-10-20(29-3)12-17(16)11-19/h4-5,11,18,20H,6-10,12-13H2,1-3H3,(H,25,28)/t20-/m0/s1. The first-order valence-electron chi connectivity index (χ1n) is 10.9. The predicted octanol–water partition coefficient (Wildman–Crippen LogP) is 3.10. The summed E-state index contributed by atoms with van der Waals surface area (Å²) in [4.78, 5) is 19.2. The van der Waals surface area contributed by atoms with Crippen LogP contribution in [0.2, 0.25) is 0 Å². The molecule has 0 saturated carbocycles. The van der Waals surface area contributed by atoms with Gasteiger partial charge in [0, 0.05) is 33.0 Å². The number of carbonyl (C=O) groups is 1. The van der Waals surface area contributed by atoms with Crippen molar-refractivity contribution in [1.82, 2.24) is 10.3 Å². The van der Waals surface area contributed by atoms with Gasteiger partial charge in [-0.05, 0) is 61.1 Å². The number of nitrogens with one attached hydrogen (secondary N) is 1. The molecule has 1 N–H and O–H groups in total. The van der Waals surface area contributed by atoms with E-state index in [2.05, 4.69) is 35.3 Å². The van der Waals surface area contributed by atoms with Crippen molar-refractivity contribution in [1.29, 1.82) is 0 Å². The van der Waals surface area contributed by atoms with Gasteiger partial charge in [-0.25, -0.2) is 4.98 Å². The van der Waals surface area contributed by atoms with E-state index in [1.807, 2.05) is 6.92 Å². The smallest absolute Gasteiger partial charge is 0.253 e. The second-order valence-electron chi connectivity index (χ2n) is 8.69. The summed E-state index contributed by atoms with van der Waals surface area (Å²) < 4.78 is 11.8. The lowest BCUT2D eigenvalue weighted by Gasteiger charge is -2.34. The number of carbonyl (C=O) groups excluding carboxylic acids is 1. The molecule has 1 atom stereocenters. The number of piperidine rings is 1. The Morgan fingerprint density at radius 1 is 1.07 bits per heavy atom. The first kappa shape index (κ1) is 19.4. The van der Waals surface area contributed by atoms with Gasteiger partial charge in [0.15, 0.2) is 0 Å². The summed E-state index contributed by atoms with van der Waals surface area (Å²) in [6, 6.07) is 6.48. The van der Waals surface area contributed by atoms with Crippen molar-refractivity contribution in [3.8, 4) is 5.75 Å². The van der Waals surface area contributed by atoms with E-state index < -0.39 is 0 Å². The zero-order chi connectivity index (χ0) is 20.8. The van der Waals surface area contributed by atoms with Crippen LogP contribution in [0, 0.1) is 13.8 Å². The minimum Gasteiger partial charge on any atom is -0.490 e. The molecule has 1 aromatic carbocycles. The number of fused-ring (bicyclic) bond motifs is 2. The lowest BCUT2D eigenvalue weighted by Crippen LogP contribution is -2.39. The number of ether oxygens (including phenoxy) is 2. The number of benzene rings is 1. The van der Waals surface area contributed by atoms with Crippen LogP contribution < -0.4 is 15.0 Å². The first-order chi connectivity index (χ1) is 14.5. The highest BCUT2D eigenvalue weighted by molar-refractivity contribution is 5.99. The van der Waals surface area contributed by atoms with E-state index in [1.165, 1.54) is 11.1 Å². The molecule has 1 aromatic heterocycles. The van der Waals surface area contributed by atoms with Crippen molar-refractivity contribution in [3.05, 3.63) is 51.7 Å². The van der Waals surface area contributed by atoms with Gasteiger partial charge in [0.25, 0.3) is 5.91 Å². The van der Waals surface area contributed by atoms with Crippen LogP contribution in [0.1, 0.15) is 51.1 Å². The number of methoxy groups -OCH3 is 1. The summed E-state index contributed by atoms with van der Waals surface area (Å²) in [6.45, 7) is 6.46. The molecular formula is C24H29N3O3. The largest absolute Gasteiger partial charge is 0.490 e. The van der Waals surface area contributed by atoms with Crippen LogP contribution in [0.3, 0.4) is 0 Å². The molecule has 3 heterocycles. The number of nitrogens with zero attached hydrogens (tertiary/aromatic N) is 2. The maximum Gasteiger partial charge on any atom is 0.253 e. The van der Waals surface area contributed by atoms with Crippen LogP contribution in [0.25, 0.3) is 0 Å². The molecule has 2 aromatic rings. The number of anilines is 1. The summed E-state index contributed by atoms with van der Waals surface area (Å²) in [7, 11) is 1.79. The lowest BCUT2D eigenvalue weighted by molar-refractivity contribution is 0.0965. The van der Waals surface area contributed by atoms with E-state index in [4.69, 9.17) is 14.5 Å². The molecule has 6 nitrogen and oxygen atoms in total. The van der Waals surface area contributed by atoms with E-state index in [-0.39, 0.29) is 12.0 Å². The van der Waals surface area contributed by atoms with Gasteiger partial charge in [0.2, 0.25) is 0 Å². The summed E-state index contributed by atoms with van der Waals surface area (Å²) in [6.07, 6.45) is 4.42. The topological polar surface area (TPSA) is 63.7 Å². The molecule has 1 amide bonds. The molecule has 0 unspecified atom stereocenters. The predicted molar refractivity (Wildman–Crippen MR) is 115 cm³/mol. The van der Waals surface area contributed by atoms with Crippen molar-refractivity contribution in [2.24, 2.45) is 0 Å². The average Bonchev–Trinajstić information content (AvgIpc) is 3.34. The second-order valence-corrected chi connectivity index (χ2v) is 8.69. The Hall–Kier alpha value is -2.60. The average molecular weight is 408 g/mol. The minimum atomic E-state index is 0.00271. The normalized spacial score (nSPS) is 20.8. The van der Waals surface area contributed by atoms with Crippen LogP contribution >= 0.6 is 0 Å². The third-order valence-corrected chi connectivity index (χ3v) is 6.90. The number of hydrogen-bond donors (Lipinski definition) is 1. The van der Waals surface area contributed by atoms with Gasteiger partial charge in [0.05, 0.1) is 23.9 Å². The number of aromatic nitrogens is 1. The molecule has 1 aliphatic carbocycles. The fourth-order valence-corrected chi connectivity index (χ4v) is 5.00. The third-order valence-electron chi connectivity index (χ3n) is 6.90. The molecule has 5 rings (SSSR count). The summed E-state index contributed by atoms with van der Waals surface area (Å²) in [5.41, 5.74) is 6.54. The van der Waals surface area contributed by atoms with Crippen molar-refractivity contribution >= 4 is 11.7 Å².